The Balaban J connectivity index is 1.38. The SMILES string of the molecule is CCc1cc(OC)c(F)cc1-c1ccc2c(c1)C1=CC(c3nc4c([nH]3)CCNCC4)=CCC1=N2. The van der Waals surface area contributed by atoms with Crippen LogP contribution in [0.2, 0.25) is 0 Å². The summed E-state index contributed by atoms with van der Waals surface area (Å²) in [6.07, 6.45) is 7.90. The molecule has 0 unspecified atom stereocenters. The van der Waals surface area contributed by atoms with E-state index in [1.807, 2.05) is 12.1 Å². The Bertz CT molecular complexity index is 1370. The first-order valence-electron chi connectivity index (χ1n) is 11.9. The number of methoxy groups -OCH3 is 1. The minimum atomic E-state index is -0.345. The van der Waals surface area contributed by atoms with Gasteiger partial charge in [-0.05, 0) is 53.5 Å². The first-order valence-corrected chi connectivity index (χ1v) is 11.9. The Morgan fingerprint density at radius 2 is 1.97 bits per heavy atom. The number of rotatable bonds is 4. The van der Waals surface area contributed by atoms with Gasteiger partial charge in [-0.2, -0.15) is 0 Å². The van der Waals surface area contributed by atoms with Gasteiger partial charge in [-0.1, -0.05) is 19.1 Å². The monoisotopic (exact) mass is 454 g/mol. The topological polar surface area (TPSA) is 62.3 Å². The van der Waals surface area contributed by atoms with Gasteiger partial charge in [0.2, 0.25) is 0 Å². The number of nitrogens with zero attached hydrogens (tertiary/aromatic N) is 2. The highest BCUT2D eigenvalue weighted by molar-refractivity contribution is 6.32. The van der Waals surface area contributed by atoms with Crippen LogP contribution in [0.3, 0.4) is 0 Å². The number of fused-ring (bicyclic) bond motifs is 4. The molecule has 3 aromatic rings. The minimum Gasteiger partial charge on any atom is -0.494 e. The van der Waals surface area contributed by atoms with Gasteiger partial charge in [-0.15, -0.1) is 0 Å². The highest BCUT2D eigenvalue weighted by Gasteiger charge is 2.26. The van der Waals surface area contributed by atoms with Gasteiger partial charge in [0, 0.05) is 54.8 Å². The van der Waals surface area contributed by atoms with Crippen LogP contribution in [0.1, 0.15) is 41.7 Å². The molecule has 0 radical (unpaired) electrons. The lowest BCUT2D eigenvalue weighted by Gasteiger charge is -2.14. The van der Waals surface area contributed by atoms with Gasteiger partial charge in [0.15, 0.2) is 11.6 Å². The average Bonchev–Trinajstić information content (AvgIpc) is 3.36. The number of H-pyrrole nitrogens is 1. The molecule has 34 heavy (non-hydrogen) atoms. The van der Waals surface area contributed by atoms with Crippen LogP contribution in [0.15, 0.2) is 47.5 Å². The van der Waals surface area contributed by atoms with Crippen LogP contribution in [-0.4, -0.2) is 35.9 Å². The maximum absolute atomic E-state index is 14.6. The third kappa shape index (κ3) is 3.49. The van der Waals surface area contributed by atoms with E-state index in [0.29, 0.717) is 0 Å². The van der Waals surface area contributed by atoms with Crippen molar-refractivity contribution in [1.82, 2.24) is 15.3 Å². The molecule has 0 spiro atoms. The van der Waals surface area contributed by atoms with Gasteiger partial charge in [0.05, 0.1) is 24.2 Å². The molecule has 3 aliphatic rings. The van der Waals surface area contributed by atoms with Crippen LogP contribution < -0.4 is 10.1 Å². The fraction of sp³-hybridized carbons (Fsp3) is 0.286. The van der Waals surface area contributed by atoms with Gasteiger partial charge < -0.3 is 15.0 Å². The number of allylic oxidation sites excluding steroid dienone is 4. The zero-order valence-corrected chi connectivity index (χ0v) is 19.5. The summed E-state index contributed by atoms with van der Waals surface area (Å²) in [5.74, 6) is 0.875. The number of hydrogen-bond acceptors (Lipinski definition) is 4. The molecule has 0 bridgehead atoms. The zero-order chi connectivity index (χ0) is 23.2. The fourth-order valence-electron chi connectivity index (χ4n) is 5.13. The minimum absolute atomic E-state index is 0.282. The summed E-state index contributed by atoms with van der Waals surface area (Å²) >= 11 is 0. The van der Waals surface area contributed by atoms with Crippen molar-refractivity contribution in [2.24, 2.45) is 4.99 Å². The Hall–Kier alpha value is -3.51. The summed E-state index contributed by atoms with van der Waals surface area (Å²) in [6.45, 7) is 4.02. The molecule has 5 nitrogen and oxygen atoms in total. The molecule has 1 aromatic heterocycles. The van der Waals surface area contributed by atoms with Crippen molar-refractivity contribution in [1.29, 1.82) is 0 Å². The van der Waals surface area contributed by atoms with Crippen LogP contribution in [0.4, 0.5) is 10.1 Å². The number of imidazole rings is 1. The molecule has 0 saturated heterocycles. The molecular formula is C28H27FN4O. The second-order valence-corrected chi connectivity index (χ2v) is 8.97. The first-order chi connectivity index (χ1) is 16.6. The van der Waals surface area contributed by atoms with E-state index in [1.165, 1.54) is 18.5 Å². The largest absolute Gasteiger partial charge is 0.494 e. The molecule has 3 heterocycles. The van der Waals surface area contributed by atoms with E-state index in [2.05, 4.69) is 35.4 Å². The van der Waals surface area contributed by atoms with E-state index in [-0.39, 0.29) is 11.6 Å². The number of hydrogen-bond donors (Lipinski definition) is 2. The smallest absolute Gasteiger partial charge is 0.165 e. The van der Waals surface area contributed by atoms with Crippen molar-refractivity contribution in [2.45, 2.75) is 32.6 Å². The summed E-state index contributed by atoms with van der Waals surface area (Å²) in [6, 6.07) is 9.61. The maximum atomic E-state index is 14.6. The molecule has 0 atom stereocenters. The zero-order valence-electron chi connectivity index (χ0n) is 19.5. The van der Waals surface area contributed by atoms with Crippen LogP contribution in [0.25, 0.3) is 22.3 Å². The Morgan fingerprint density at radius 3 is 2.82 bits per heavy atom. The van der Waals surface area contributed by atoms with Crippen molar-refractivity contribution in [3.8, 4) is 16.9 Å². The summed E-state index contributed by atoms with van der Waals surface area (Å²) in [4.78, 5) is 13.3. The van der Waals surface area contributed by atoms with Crippen LogP contribution in [0, 0.1) is 5.82 Å². The van der Waals surface area contributed by atoms with E-state index in [1.54, 1.807) is 12.1 Å². The lowest BCUT2D eigenvalue weighted by atomic mass is 9.90. The van der Waals surface area contributed by atoms with E-state index in [0.717, 1.165) is 89.4 Å². The van der Waals surface area contributed by atoms with Crippen LogP contribution in [0.5, 0.6) is 5.75 Å². The van der Waals surface area contributed by atoms with Gasteiger partial charge in [-0.3, -0.25) is 4.99 Å². The number of benzene rings is 2. The standard InChI is InChI=1S/C28H27FN4O/c1-3-16-14-27(34-2)22(29)15-19(16)17-4-6-23-20(12-17)21-13-18(5-7-24(21)31-23)28-32-25-8-10-30-11-9-26(25)33-28/h4-6,12-15,30H,3,7-11H2,1-2H3,(H,32,33). The number of aromatic amines is 1. The highest BCUT2D eigenvalue weighted by Crippen LogP contribution is 2.42. The highest BCUT2D eigenvalue weighted by atomic mass is 19.1. The van der Waals surface area contributed by atoms with Crippen molar-refractivity contribution < 1.29 is 9.13 Å². The number of aryl methyl sites for hydroxylation is 1. The summed E-state index contributed by atoms with van der Waals surface area (Å²) in [5.41, 5.74) is 10.7. The lowest BCUT2D eigenvalue weighted by molar-refractivity contribution is 0.386. The molecular weight excluding hydrogens is 427 g/mol. The normalized spacial score (nSPS) is 16.6. The molecule has 1 aliphatic carbocycles. The van der Waals surface area contributed by atoms with Crippen molar-refractivity contribution in [3.63, 3.8) is 0 Å². The number of nitrogens with one attached hydrogen (secondary N) is 2. The molecule has 2 N–H and O–H groups in total. The van der Waals surface area contributed by atoms with Crippen LogP contribution in [-0.2, 0) is 19.3 Å². The molecule has 0 saturated carbocycles. The molecule has 2 aliphatic heterocycles. The quantitative estimate of drug-likeness (QED) is 0.552. The van der Waals surface area contributed by atoms with Gasteiger partial charge >= 0.3 is 0 Å². The molecule has 6 rings (SSSR count). The predicted molar refractivity (Wildman–Crippen MR) is 134 cm³/mol. The van der Waals surface area contributed by atoms with Crippen molar-refractivity contribution in [3.05, 3.63) is 76.6 Å². The van der Waals surface area contributed by atoms with Gasteiger partial charge in [-0.25, -0.2) is 9.37 Å². The number of halogens is 1. The average molecular weight is 455 g/mol. The van der Waals surface area contributed by atoms with Crippen LogP contribution >= 0.6 is 0 Å². The third-order valence-corrected chi connectivity index (χ3v) is 6.97. The summed E-state index contributed by atoms with van der Waals surface area (Å²) in [5, 5.41) is 3.42. The fourth-order valence-corrected chi connectivity index (χ4v) is 5.13. The van der Waals surface area contributed by atoms with E-state index in [4.69, 9.17) is 14.7 Å². The number of aromatic nitrogens is 2. The Morgan fingerprint density at radius 1 is 1.09 bits per heavy atom. The molecule has 6 heteroatoms. The van der Waals surface area contributed by atoms with E-state index < -0.39 is 0 Å². The Labute approximate surface area is 198 Å². The van der Waals surface area contributed by atoms with E-state index >= 15 is 0 Å². The first kappa shape index (κ1) is 21.1. The number of aliphatic imine (C=N–C) groups is 1. The van der Waals surface area contributed by atoms with Crippen molar-refractivity contribution in [2.75, 3.05) is 20.2 Å². The second kappa shape index (κ2) is 8.37. The Kier molecular flexibility index (Phi) is 5.18. The predicted octanol–water partition coefficient (Wildman–Crippen LogP) is 5.43. The number of ether oxygens (including phenoxy) is 1. The summed E-state index contributed by atoms with van der Waals surface area (Å²) in [7, 11) is 1.50. The van der Waals surface area contributed by atoms with Gasteiger partial charge in [0.1, 0.15) is 5.82 Å². The van der Waals surface area contributed by atoms with E-state index in [9.17, 15) is 4.39 Å². The van der Waals surface area contributed by atoms with Crippen molar-refractivity contribution >= 4 is 22.5 Å². The van der Waals surface area contributed by atoms with Gasteiger partial charge in [0.25, 0.3) is 0 Å². The molecule has 0 fully saturated rings. The molecule has 172 valence electrons. The molecule has 2 aromatic carbocycles. The third-order valence-electron chi connectivity index (χ3n) is 6.97. The lowest BCUT2D eigenvalue weighted by Crippen LogP contribution is -2.16. The maximum Gasteiger partial charge on any atom is 0.165 e. The summed E-state index contributed by atoms with van der Waals surface area (Å²) < 4.78 is 19.8. The second-order valence-electron chi connectivity index (χ2n) is 8.97. The molecule has 0 amide bonds.